The maximum Gasteiger partial charge on any atom is 0.161 e. The lowest BCUT2D eigenvalue weighted by atomic mass is 10.2. The first kappa shape index (κ1) is 14.0. The van der Waals surface area contributed by atoms with Crippen molar-refractivity contribution in [3.05, 3.63) is 41.7 Å². The minimum Gasteiger partial charge on any atom is -0.493 e. The van der Waals surface area contributed by atoms with Crippen molar-refractivity contribution in [3.63, 3.8) is 0 Å². The number of ether oxygens (including phenoxy) is 1. The van der Waals surface area contributed by atoms with Crippen LogP contribution in [0.5, 0.6) is 5.75 Å². The van der Waals surface area contributed by atoms with E-state index in [9.17, 15) is 0 Å². The van der Waals surface area contributed by atoms with Gasteiger partial charge in [0.1, 0.15) is 0 Å². The Labute approximate surface area is 117 Å². The average Bonchev–Trinajstić information content (AvgIpc) is 2.79. The van der Waals surface area contributed by atoms with Gasteiger partial charge < -0.3 is 10.5 Å². The Morgan fingerprint density at radius 3 is 2.68 bits per heavy atom. The fourth-order valence-electron chi connectivity index (χ4n) is 1.91. The Hall–Kier alpha value is -1.46. The van der Waals surface area contributed by atoms with E-state index in [4.69, 9.17) is 10.5 Å². The van der Waals surface area contributed by atoms with Gasteiger partial charge in [0.2, 0.25) is 0 Å². The second kappa shape index (κ2) is 6.12. The van der Waals surface area contributed by atoms with Crippen LogP contribution >= 0.6 is 11.8 Å². The number of nitrogens with two attached hydrogens (primary N) is 1. The molecular formula is C14H19N3OS. The minimum absolute atomic E-state index is 0.103. The molecule has 1 aromatic heterocycles. The molecule has 1 atom stereocenters. The number of hydrogen-bond acceptors (Lipinski definition) is 4. The summed E-state index contributed by atoms with van der Waals surface area (Å²) in [4.78, 5) is 1.22. The first-order chi connectivity index (χ1) is 9.11. The fraction of sp³-hybridized carbons (Fsp3) is 0.357. The van der Waals surface area contributed by atoms with E-state index in [1.807, 2.05) is 7.05 Å². The molecule has 4 nitrogen and oxygen atoms in total. The predicted molar refractivity (Wildman–Crippen MR) is 78.6 cm³/mol. The summed E-state index contributed by atoms with van der Waals surface area (Å²) in [5, 5.41) is 4.18. The predicted octanol–water partition coefficient (Wildman–Crippen LogP) is 2.53. The van der Waals surface area contributed by atoms with Crippen LogP contribution < -0.4 is 10.5 Å². The van der Waals surface area contributed by atoms with Crippen molar-refractivity contribution >= 4 is 11.8 Å². The van der Waals surface area contributed by atoms with Crippen LogP contribution in [0.2, 0.25) is 0 Å². The molecule has 0 aliphatic carbocycles. The van der Waals surface area contributed by atoms with Crippen LogP contribution in [0.1, 0.15) is 17.3 Å². The van der Waals surface area contributed by atoms with E-state index in [1.165, 1.54) is 10.5 Å². The molecule has 2 rings (SSSR count). The van der Waals surface area contributed by atoms with Crippen molar-refractivity contribution in [2.45, 2.75) is 17.9 Å². The van der Waals surface area contributed by atoms with Crippen LogP contribution in [0.3, 0.4) is 0 Å². The van der Waals surface area contributed by atoms with Gasteiger partial charge in [0, 0.05) is 17.7 Å². The first-order valence-electron chi connectivity index (χ1n) is 6.12. The van der Waals surface area contributed by atoms with Gasteiger partial charge in [0.25, 0.3) is 0 Å². The summed E-state index contributed by atoms with van der Waals surface area (Å²) in [6, 6.07) is 8.35. The summed E-state index contributed by atoms with van der Waals surface area (Å²) < 4.78 is 7.06. The minimum atomic E-state index is -0.103. The van der Waals surface area contributed by atoms with Gasteiger partial charge in [-0.1, -0.05) is 17.7 Å². The lowest BCUT2D eigenvalue weighted by molar-refractivity contribution is 0.405. The van der Waals surface area contributed by atoms with Crippen LogP contribution in [-0.4, -0.2) is 22.6 Å². The van der Waals surface area contributed by atoms with E-state index < -0.39 is 0 Å². The standard InChI is InChI=1S/C14H19N3OS/c1-10-4-6-11(7-5-10)19-9-12(15)14-13(18-3)8-16-17(14)2/h4-8,12H,9,15H2,1-3H3. The van der Waals surface area contributed by atoms with Crippen LogP contribution in [0.4, 0.5) is 0 Å². The van der Waals surface area contributed by atoms with Crippen molar-refractivity contribution < 1.29 is 4.74 Å². The zero-order valence-electron chi connectivity index (χ0n) is 11.5. The van der Waals surface area contributed by atoms with Crippen molar-refractivity contribution in [1.29, 1.82) is 0 Å². The Morgan fingerprint density at radius 1 is 1.37 bits per heavy atom. The zero-order chi connectivity index (χ0) is 13.8. The molecule has 0 saturated heterocycles. The molecule has 0 bridgehead atoms. The van der Waals surface area contributed by atoms with Crippen molar-refractivity contribution in [2.24, 2.45) is 12.8 Å². The summed E-state index contributed by atoms with van der Waals surface area (Å²) in [7, 11) is 3.52. The average molecular weight is 277 g/mol. The van der Waals surface area contributed by atoms with Gasteiger partial charge in [0.05, 0.1) is 25.0 Å². The number of rotatable bonds is 5. The van der Waals surface area contributed by atoms with Crippen molar-refractivity contribution in [3.8, 4) is 5.75 Å². The topological polar surface area (TPSA) is 53.1 Å². The van der Waals surface area contributed by atoms with Crippen LogP contribution in [-0.2, 0) is 7.05 Å². The highest BCUT2D eigenvalue weighted by atomic mass is 32.2. The maximum atomic E-state index is 6.23. The number of thioether (sulfide) groups is 1. The molecule has 2 N–H and O–H groups in total. The summed E-state index contributed by atoms with van der Waals surface area (Å²) in [6.07, 6.45) is 1.70. The summed E-state index contributed by atoms with van der Waals surface area (Å²) in [5.74, 6) is 1.54. The lowest BCUT2D eigenvalue weighted by Crippen LogP contribution is -2.17. The molecule has 0 amide bonds. The molecule has 1 unspecified atom stereocenters. The molecule has 0 saturated carbocycles. The van der Waals surface area contributed by atoms with Gasteiger partial charge in [-0.05, 0) is 19.1 Å². The van der Waals surface area contributed by atoms with Gasteiger partial charge in [-0.2, -0.15) is 5.10 Å². The number of aromatic nitrogens is 2. The molecule has 0 aliphatic heterocycles. The lowest BCUT2D eigenvalue weighted by Gasteiger charge is -2.13. The van der Waals surface area contributed by atoms with Crippen LogP contribution in [0, 0.1) is 6.92 Å². The molecule has 0 spiro atoms. The van der Waals surface area contributed by atoms with E-state index in [0.717, 1.165) is 17.2 Å². The third kappa shape index (κ3) is 3.30. The molecular weight excluding hydrogens is 258 g/mol. The van der Waals surface area contributed by atoms with Crippen molar-refractivity contribution in [2.75, 3.05) is 12.9 Å². The largest absolute Gasteiger partial charge is 0.493 e. The highest BCUT2D eigenvalue weighted by Gasteiger charge is 2.17. The third-order valence-electron chi connectivity index (χ3n) is 2.97. The van der Waals surface area contributed by atoms with E-state index >= 15 is 0 Å². The van der Waals surface area contributed by atoms with E-state index in [0.29, 0.717) is 0 Å². The highest BCUT2D eigenvalue weighted by molar-refractivity contribution is 7.99. The zero-order valence-corrected chi connectivity index (χ0v) is 12.3. The Bertz CT molecular complexity index is 536. The highest BCUT2D eigenvalue weighted by Crippen LogP contribution is 2.28. The molecule has 1 heterocycles. The molecule has 1 aromatic carbocycles. The third-order valence-corrected chi connectivity index (χ3v) is 4.10. The molecule has 0 fully saturated rings. The summed E-state index contributed by atoms with van der Waals surface area (Å²) in [5.41, 5.74) is 8.43. The number of hydrogen-bond donors (Lipinski definition) is 1. The van der Waals surface area contributed by atoms with Gasteiger partial charge in [-0.3, -0.25) is 4.68 Å². The molecule has 102 valence electrons. The number of methoxy groups -OCH3 is 1. The Morgan fingerprint density at radius 2 is 2.05 bits per heavy atom. The van der Waals surface area contributed by atoms with Crippen LogP contribution in [0.25, 0.3) is 0 Å². The Balaban J connectivity index is 2.03. The van der Waals surface area contributed by atoms with Gasteiger partial charge in [-0.25, -0.2) is 0 Å². The van der Waals surface area contributed by atoms with Gasteiger partial charge in [0.15, 0.2) is 5.75 Å². The monoisotopic (exact) mass is 277 g/mol. The fourth-order valence-corrected chi connectivity index (χ4v) is 2.76. The Kier molecular flexibility index (Phi) is 4.50. The quantitative estimate of drug-likeness (QED) is 0.853. The smallest absolute Gasteiger partial charge is 0.161 e. The van der Waals surface area contributed by atoms with Crippen LogP contribution in [0.15, 0.2) is 35.4 Å². The normalized spacial score (nSPS) is 12.4. The first-order valence-corrected chi connectivity index (χ1v) is 7.11. The van der Waals surface area contributed by atoms with Gasteiger partial charge in [-0.15, -0.1) is 11.8 Å². The van der Waals surface area contributed by atoms with Crippen molar-refractivity contribution in [1.82, 2.24) is 9.78 Å². The van der Waals surface area contributed by atoms with E-state index in [2.05, 4.69) is 36.3 Å². The number of nitrogens with zero attached hydrogens (tertiary/aromatic N) is 2. The number of aryl methyl sites for hydroxylation is 2. The second-order valence-electron chi connectivity index (χ2n) is 4.45. The molecule has 5 heteroatoms. The second-order valence-corrected chi connectivity index (χ2v) is 5.55. The SMILES string of the molecule is COc1cnn(C)c1C(N)CSc1ccc(C)cc1. The number of benzene rings is 1. The van der Waals surface area contributed by atoms with E-state index in [-0.39, 0.29) is 6.04 Å². The van der Waals surface area contributed by atoms with Gasteiger partial charge >= 0.3 is 0 Å². The summed E-state index contributed by atoms with van der Waals surface area (Å²) in [6.45, 7) is 2.08. The van der Waals surface area contributed by atoms with E-state index in [1.54, 1.807) is 29.8 Å². The molecule has 19 heavy (non-hydrogen) atoms. The summed E-state index contributed by atoms with van der Waals surface area (Å²) >= 11 is 1.74. The molecule has 0 radical (unpaired) electrons. The molecule has 0 aliphatic rings. The maximum absolute atomic E-state index is 6.23. The molecule has 2 aromatic rings.